The first-order valence-electron chi connectivity index (χ1n) is 7.31. The molecule has 0 saturated carbocycles. The van der Waals surface area contributed by atoms with Crippen molar-refractivity contribution >= 4 is 11.8 Å². The molecule has 1 unspecified atom stereocenters. The third-order valence-corrected chi connectivity index (χ3v) is 4.42. The van der Waals surface area contributed by atoms with Gasteiger partial charge in [-0.25, -0.2) is 9.07 Å². The van der Waals surface area contributed by atoms with Crippen molar-refractivity contribution in [2.24, 2.45) is 5.73 Å². The third-order valence-electron chi connectivity index (χ3n) is 4.42. The second kappa shape index (κ2) is 5.25. The Morgan fingerprint density at radius 1 is 1.43 bits per heavy atom. The summed E-state index contributed by atoms with van der Waals surface area (Å²) in [6, 6.07) is -0.0696. The topological polar surface area (TPSA) is 109 Å². The third kappa shape index (κ3) is 2.07. The Kier molecular flexibility index (Phi) is 3.50. The molecule has 1 aromatic rings. The second-order valence-corrected chi connectivity index (χ2v) is 5.80. The molecule has 1 atom stereocenters. The Balaban J connectivity index is 2.40. The van der Waals surface area contributed by atoms with Gasteiger partial charge in [-0.05, 0) is 19.8 Å². The largest absolute Gasteiger partial charge is 0.502 e. The van der Waals surface area contributed by atoms with Crippen LogP contribution in [-0.2, 0) is 6.67 Å². The summed E-state index contributed by atoms with van der Waals surface area (Å²) in [5, 5.41) is 11.8. The molecule has 0 spiro atoms. The molecular weight excluding hydrogens is 307 g/mol. The van der Waals surface area contributed by atoms with E-state index in [1.54, 1.807) is 5.01 Å². The van der Waals surface area contributed by atoms with E-state index in [9.17, 15) is 23.9 Å². The maximum atomic E-state index is 13.6. The van der Waals surface area contributed by atoms with Gasteiger partial charge in [-0.3, -0.25) is 19.4 Å². The Hall–Kier alpha value is -2.58. The van der Waals surface area contributed by atoms with Crippen LogP contribution >= 0.6 is 0 Å². The molecule has 0 aromatic carbocycles. The smallest absolute Gasteiger partial charge is 0.277 e. The second-order valence-electron chi connectivity index (χ2n) is 5.80. The Bertz CT molecular complexity index is 760. The van der Waals surface area contributed by atoms with E-state index in [1.807, 2.05) is 6.92 Å². The van der Waals surface area contributed by atoms with E-state index in [-0.39, 0.29) is 24.1 Å². The van der Waals surface area contributed by atoms with Gasteiger partial charge in [0, 0.05) is 12.6 Å². The van der Waals surface area contributed by atoms with E-state index in [1.165, 1.54) is 4.90 Å². The predicted octanol–water partition coefficient (Wildman–Crippen LogP) is -0.344. The SMILES string of the molecule is CC1CCCN2CN1n1c(CF)c(C(N)=O)c(=O)c(O)c1C2=O. The van der Waals surface area contributed by atoms with Gasteiger partial charge in [0.15, 0.2) is 11.4 Å². The molecule has 1 fully saturated rings. The van der Waals surface area contributed by atoms with Crippen LogP contribution in [0.25, 0.3) is 0 Å². The van der Waals surface area contributed by atoms with Gasteiger partial charge in [0.05, 0.1) is 5.69 Å². The number of aromatic hydroxyl groups is 1. The highest BCUT2D eigenvalue weighted by Crippen LogP contribution is 2.28. The van der Waals surface area contributed by atoms with Gasteiger partial charge in [0.2, 0.25) is 5.43 Å². The Morgan fingerprint density at radius 3 is 2.74 bits per heavy atom. The number of amides is 2. The lowest BCUT2D eigenvalue weighted by Crippen LogP contribution is -2.57. The van der Waals surface area contributed by atoms with Gasteiger partial charge < -0.3 is 15.7 Å². The summed E-state index contributed by atoms with van der Waals surface area (Å²) in [4.78, 5) is 37.8. The van der Waals surface area contributed by atoms with Crippen LogP contribution in [0, 0.1) is 0 Å². The molecule has 8 nitrogen and oxygen atoms in total. The summed E-state index contributed by atoms with van der Waals surface area (Å²) < 4.78 is 14.8. The number of primary amides is 1. The number of alkyl halides is 1. The molecule has 2 aliphatic heterocycles. The molecule has 3 heterocycles. The van der Waals surface area contributed by atoms with Gasteiger partial charge in [0.1, 0.15) is 18.9 Å². The summed E-state index contributed by atoms with van der Waals surface area (Å²) in [5.41, 5.74) is 2.84. The van der Waals surface area contributed by atoms with Crippen molar-refractivity contribution in [3.05, 3.63) is 27.2 Å². The quantitative estimate of drug-likeness (QED) is 0.773. The van der Waals surface area contributed by atoms with Crippen molar-refractivity contribution in [1.82, 2.24) is 9.58 Å². The number of fused-ring (bicyclic) bond motifs is 4. The fourth-order valence-corrected chi connectivity index (χ4v) is 3.24. The first kappa shape index (κ1) is 15.3. The zero-order chi connectivity index (χ0) is 16.9. The predicted molar refractivity (Wildman–Crippen MR) is 78.5 cm³/mol. The maximum absolute atomic E-state index is 13.6. The fraction of sp³-hybridized carbons (Fsp3) is 0.500. The molecule has 2 amide bonds. The summed E-state index contributed by atoms with van der Waals surface area (Å²) in [6.07, 6.45) is 1.49. The van der Waals surface area contributed by atoms with Crippen molar-refractivity contribution in [3.8, 4) is 5.75 Å². The molecule has 3 N–H and O–H groups in total. The standard InChI is InChI=1S/C14H17FN4O4/c1-7-3-2-4-17-6-18(7)19-8(5-15)9(13(16)22)11(20)12(21)10(19)14(17)23/h7,21H,2-6H2,1H3,(H2,16,22). The van der Waals surface area contributed by atoms with E-state index in [0.29, 0.717) is 6.54 Å². The van der Waals surface area contributed by atoms with Crippen LogP contribution in [0.3, 0.4) is 0 Å². The average Bonchev–Trinajstić information content (AvgIpc) is 2.67. The summed E-state index contributed by atoms with van der Waals surface area (Å²) in [5.74, 6) is -2.56. The first-order valence-corrected chi connectivity index (χ1v) is 7.31. The van der Waals surface area contributed by atoms with Gasteiger partial charge in [-0.1, -0.05) is 0 Å². The van der Waals surface area contributed by atoms with Gasteiger partial charge in [-0.2, -0.15) is 0 Å². The zero-order valence-corrected chi connectivity index (χ0v) is 12.6. The van der Waals surface area contributed by atoms with E-state index in [2.05, 4.69) is 0 Å². The molecule has 1 aromatic heterocycles. The number of carbonyl (C=O) groups excluding carboxylic acids is 2. The highest BCUT2D eigenvalue weighted by Gasteiger charge is 2.39. The number of nitrogens with two attached hydrogens (primary N) is 1. The number of carbonyl (C=O) groups is 2. The van der Waals surface area contributed by atoms with Crippen LogP contribution in [0.2, 0.25) is 0 Å². The first-order chi connectivity index (χ1) is 10.9. The molecular formula is C14H17FN4O4. The maximum Gasteiger partial charge on any atom is 0.277 e. The highest BCUT2D eigenvalue weighted by atomic mass is 19.1. The molecule has 124 valence electrons. The molecule has 1 saturated heterocycles. The monoisotopic (exact) mass is 324 g/mol. The lowest BCUT2D eigenvalue weighted by Gasteiger charge is -2.41. The van der Waals surface area contributed by atoms with Crippen LogP contribution in [-0.4, -0.2) is 45.8 Å². The van der Waals surface area contributed by atoms with E-state index < -0.39 is 35.2 Å². The minimum atomic E-state index is -1.16. The van der Waals surface area contributed by atoms with Crippen LogP contribution in [0.5, 0.6) is 5.75 Å². The summed E-state index contributed by atoms with van der Waals surface area (Å²) >= 11 is 0. The summed E-state index contributed by atoms with van der Waals surface area (Å²) in [7, 11) is 0. The zero-order valence-electron chi connectivity index (χ0n) is 12.6. The molecule has 2 aliphatic rings. The molecule has 0 radical (unpaired) electrons. The van der Waals surface area contributed by atoms with E-state index in [0.717, 1.165) is 17.5 Å². The molecule has 9 heteroatoms. The highest BCUT2D eigenvalue weighted by molar-refractivity contribution is 5.99. The molecule has 0 aliphatic carbocycles. The lowest BCUT2D eigenvalue weighted by atomic mass is 10.1. The number of nitrogens with zero attached hydrogens (tertiary/aromatic N) is 3. The number of aromatic nitrogens is 1. The Labute approximate surface area is 130 Å². The minimum Gasteiger partial charge on any atom is -0.502 e. The van der Waals surface area contributed by atoms with Crippen molar-refractivity contribution in [3.63, 3.8) is 0 Å². The number of halogens is 1. The van der Waals surface area contributed by atoms with E-state index >= 15 is 0 Å². The van der Waals surface area contributed by atoms with Crippen LogP contribution in [0.15, 0.2) is 4.79 Å². The molecule has 2 bridgehead atoms. The van der Waals surface area contributed by atoms with Gasteiger partial charge >= 0.3 is 0 Å². The number of hydrogen-bond donors (Lipinski definition) is 2. The van der Waals surface area contributed by atoms with Crippen LogP contribution in [0.4, 0.5) is 4.39 Å². The fourth-order valence-electron chi connectivity index (χ4n) is 3.24. The normalized spacial score (nSPS) is 20.3. The van der Waals surface area contributed by atoms with Crippen molar-refractivity contribution in [2.45, 2.75) is 32.5 Å². The lowest BCUT2D eigenvalue weighted by molar-refractivity contribution is 0.0693. The van der Waals surface area contributed by atoms with Crippen molar-refractivity contribution in [2.75, 3.05) is 18.2 Å². The average molecular weight is 324 g/mol. The molecule has 3 rings (SSSR count). The van der Waals surface area contributed by atoms with Gasteiger partial charge in [-0.15, -0.1) is 0 Å². The van der Waals surface area contributed by atoms with E-state index in [4.69, 9.17) is 5.73 Å². The number of pyridine rings is 1. The minimum absolute atomic E-state index is 0.0696. The van der Waals surface area contributed by atoms with Crippen molar-refractivity contribution < 1.29 is 19.1 Å². The van der Waals surface area contributed by atoms with Gasteiger partial charge in [0.25, 0.3) is 11.8 Å². The van der Waals surface area contributed by atoms with Crippen molar-refractivity contribution in [1.29, 1.82) is 0 Å². The number of hydrogen-bond acceptors (Lipinski definition) is 5. The number of rotatable bonds is 2. The molecule has 23 heavy (non-hydrogen) atoms. The van der Waals surface area contributed by atoms with Crippen LogP contribution in [0.1, 0.15) is 46.3 Å². The Morgan fingerprint density at radius 2 is 2.13 bits per heavy atom. The summed E-state index contributed by atoms with van der Waals surface area (Å²) in [6.45, 7) is 1.41. The van der Waals surface area contributed by atoms with Crippen LogP contribution < -0.4 is 16.2 Å².